The Bertz CT molecular complexity index is 382. The van der Waals surface area contributed by atoms with Crippen molar-refractivity contribution in [3.8, 4) is 5.75 Å². The summed E-state index contributed by atoms with van der Waals surface area (Å²) in [4.78, 5) is 0. The van der Waals surface area contributed by atoms with Crippen molar-refractivity contribution in [1.29, 1.82) is 0 Å². The van der Waals surface area contributed by atoms with Crippen LogP contribution in [0, 0.1) is 0 Å². The fourth-order valence-electron chi connectivity index (χ4n) is 0.690. The van der Waals surface area contributed by atoms with Gasteiger partial charge in [0.05, 0.1) is 0 Å². The molecule has 84 valence electrons. The molecule has 6 nitrogen and oxygen atoms in total. The fraction of sp³-hybridized carbons (Fsp3) is 0.143. The lowest BCUT2D eigenvalue weighted by Gasteiger charge is -2.04. The molecule has 0 aliphatic heterocycles. The van der Waals surface area contributed by atoms with E-state index in [1.165, 1.54) is 0 Å². The third-order valence-electron chi connectivity index (χ3n) is 1.31. The van der Waals surface area contributed by atoms with E-state index in [0.717, 1.165) is 0 Å². The monoisotopic (exact) mass is 251 g/mol. The molecular weight excluding hydrogens is 241 g/mol. The van der Waals surface area contributed by atoms with Gasteiger partial charge >= 0.3 is 10.1 Å². The van der Waals surface area contributed by atoms with Gasteiger partial charge in [-0.25, -0.2) is 0 Å². The quantitative estimate of drug-likeness (QED) is 0.456. The number of para-hydroxylation sites is 1. The molecule has 0 aliphatic rings. The maximum Gasteiger partial charge on any atom is 0.307 e. The zero-order valence-corrected chi connectivity index (χ0v) is 9.44. The summed E-state index contributed by atoms with van der Waals surface area (Å²) < 4.78 is 34.9. The smallest absolute Gasteiger partial charge is 0.307 e. The zero-order chi connectivity index (χ0) is 11.1. The second kappa shape index (κ2) is 5.99. The Morgan fingerprint density at radius 1 is 1.27 bits per heavy atom. The Hall–Kier alpha value is -0.720. The molecule has 2 N–H and O–H groups in total. The molecule has 0 spiro atoms. The van der Waals surface area contributed by atoms with Crippen LogP contribution in [0.3, 0.4) is 0 Å². The van der Waals surface area contributed by atoms with E-state index in [9.17, 15) is 8.42 Å². The second-order valence-corrected chi connectivity index (χ2v) is 4.62. The van der Waals surface area contributed by atoms with Crippen LogP contribution in [0.25, 0.3) is 0 Å². The Balaban J connectivity index is 2.24. The van der Waals surface area contributed by atoms with Gasteiger partial charge in [0.15, 0.2) is 5.94 Å². The first-order chi connectivity index (χ1) is 7.14. The Kier molecular flexibility index (Phi) is 4.93. The maximum atomic E-state index is 10.7. The molecule has 0 heterocycles. The lowest BCUT2D eigenvalue weighted by molar-refractivity contribution is 0.299. The predicted molar refractivity (Wildman–Crippen MR) is 55.5 cm³/mol. The summed E-state index contributed by atoms with van der Waals surface area (Å²) >= 11 is 0. The van der Waals surface area contributed by atoms with Gasteiger partial charge in [-0.05, 0) is 12.1 Å². The summed E-state index contributed by atoms with van der Waals surface area (Å²) in [6.07, 6.45) is 0. The molecule has 0 saturated heterocycles. The van der Waals surface area contributed by atoms with Gasteiger partial charge in [0, 0.05) is 0 Å². The van der Waals surface area contributed by atoms with Crippen LogP contribution in [0.2, 0.25) is 0 Å². The minimum atomic E-state index is -3.79. The van der Waals surface area contributed by atoms with Crippen LogP contribution in [0.15, 0.2) is 30.3 Å². The third-order valence-corrected chi connectivity index (χ3v) is 2.80. The van der Waals surface area contributed by atoms with Crippen molar-refractivity contribution in [1.82, 2.24) is 0 Å². The largest absolute Gasteiger partial charge is 0.450 e. The summed E-state index contributed by atoms with van der Waals surface area (Å²) in [5, 5.41) is 0. The Morgan fingerprint density at radius 2 is 1.93 bits per heavy atom. The SMILES string of the molecule is NOS(=O)(=O)COPOc1ccccc1. The van der Waals surface area contributed by atoms with E-state index in [1.807, 2.05) is 6.07 Å². The van der Waals surface area contributed by atoms with Crippen molar-refractivity contribution in [2.75, 3.05) is 5.94 Å². The number of nitrogens with two attached hydrogens (primary N) is 1. The molecule has 1 atom stereocenters. The highest BCUT2D eigenvalue weighted by molar-refractivity contribution is 7.86. The van der Waals surface area contributed by atoms with Crippen LogP contribution < -0.4 is 10.4 Å². The fourth-order valence-corrected chi connectivity index (χ4v) is 1.81. The van der Waals surface area contributed by atoms with Crippen LogP contribution in [0.5, 0.6) is 5.75 Å². The normalized spacial score (nSPS) is 12.1. The van der Waals surface area contributed by atoms with E-state index in [4.69, 9.17) is 9.05 Å². The van der Waals surface area contributed by atoms with E-state index in [1.54, 1.807) is 24.3 Å². The lowest BCUT2D eigenvalue weighted by atomic mass is 10.3. The topological polar surface area (TPSA) is 87.9 Å². The molecule has 1 aromatic rings. The van der Waals surface area contributed by atoms with Crippen LogP contribution in [-0.2, 0) is 18.9 Å². The number of rotatable bonds is 6. The highest BCUT2D eigenvalue weighted by Gasteiger charge is 2.09. The van der Waals surface area contributed by atoms with Crippen molar-refractivity contribution < 1.29 is 21.7 Å². The molecule has 1 rings (SSSR count). The Labute approximate surface area is 89.4 Å². The molecule has 0 amide bonds. The molecule has 0 aromatic heterocycles. The average Bonchev–Trinajstić information content (AvgIpc) is 2.26. The number of benzene rings is 1. The van der Waals surface area contributed by atoms with Crippen LogP contribution in [0.4, 0.5) is 0 Å². The highest BCUT2D eigenvalue weighted by Crippen LogP contribution is 2.21. The molecule has 1 unspecified atom stereocenters. The molecule has 1 aromatic carbocycles. The average molecular weight is 251 g/mol. The standard InChI is InChI=1S/C7H10NO5PS/c8-13-15(9,10)6-11-14-12-7-4-2-1-3-5-7/h1-5,14H,6,8H2. The highest BCUT2D eigenvalue weighted by atomic mass is 32.2. The molecule has 0 fully saturated rings. The third kappa shape index (κ3) is 5.06. The molecular formula is C7H10NO5PS. The van der Waals surface area contributed by atoms with E-state index in [2.05, 4.69) is 10.2 Å². The van der Waals surface area contributed by atoms with Gasteiger partial charge < -0.3 is 9.05 Å². The molecule has 0 aliphatic carbocycles. The van der Waals surface area contributed by atoms with Crippen molar-refractivity contribution in [2.24, 2.45) is 5.90 Å². The van der Waals surface area contributed by atoms with Crippen LogP contribution in [-0.4, -0.2) is 14.4 Å². The maximum absolute atomic E-state index is 10.7. The van der Waals surface area contributed by atoms with Gasteiger partial charge in [0.25, 0.3) is 0 Å². The van der Waals surface area contributed by atoms with Crippen molar-refractivity contribution in [3.63, 3.8) is 0 Å². The summed E-state index contributed by atoms with van der Waals surface area (Å²) in [6, 6.07) is 8.87. The van der Waals surface area contributed by atoms with Gasteiger partial charge in [-0.3, -0.25) is 0 Å². The van der Waals surface area contributed by atoms with E-state index < -0.39 is 25.1 Å². The molecule has 0 bridgehead atoms. The first-order valence-corrected chi connectivity index (χ1v) is 6.23. The molecule has 0 saturated carbocycles. The van der Waals surface area contributed by atoms with Gasteiger partial charge in [0.1, 0.15) is 5.75 Å². The molecule has 8 heteroatoms. The van der Waals surface area contributed by atoms with Crippen molar-refractivity contribution in [2.45, 2.75) is 0 Å². The molecule has 15 heavy (non-hydrogen) atoms. The zero-order valence-electron chi connectivity index (χ0n) is 7.62. The van der Waals surface area contributed by atoms with Crippen molar-refractivity contribution in [3.05, 3.63) is 30.3 Å². The van der Waals surface area contributed by atoms with E-state index in [-0.39, 0.29) is 0 Å². The van der Waals surface area contributed by atoms with E-state index >= 15 is 0 Å². The summed E-state index contributed by atoms with van der Waals surface area (Å²) in [5.41, 5.74) is 0. The minimum Gasteiger partial charge on any atom is -0.450 e. The second-order valence-electron chi connectivity index (χ2n) is 2.41. The van der Waals surface area contributed by atoms with Crippen LogP contribution >= 0.6 is 9.03 Å². The van der Waals surface area contributed by atoms with Crippen LogP contribution in [0.1, 0.15) is 0 Å². The van der Waals surface area contributed by atoms with Gasteiger partial charge in [-0.15, -0.1) is 0 Å². The van der Waals surface area contributed by atoms with Crippen molar-refractivity contribution >= 4 is 19.2 Å². The van der Waals surface area contributed by atoms with Gasteiger partial charge in [0.2, 0.25) is 9.03 Å². The number of hydrogen-bond donors (Lipinski definition) is 1. The van der Waals surface area contributed by atoms with E-state index in [0.29, 0.717) is 5.75 Å². The lowest BCUT2D eigenvalue weighted by Crippen LogP contribution is -2.15. The molecule has 0 radical (unpaired) electrons. The minimum absolute atomic E-state index is 0.428. The first-order valence-electron chi connectivity index (χ1n) is 3.84. The predicted octanol–water partition coefficient (Wildman–Crippen LogP) is 0.768. The summed E-state index contributed by atoms with van der Waals surface area (Å²) in [7, 11) is -4.22. The first kappa shape index (κ1) is 12.4. The van der Waals surface area contributed by atoms with Gasteiger partial charge in [-0.1, -0.05) is 18.2 Å². The number of hydrogen-bond acceptors (Lipinski definition) is 6. The Morgan fingerprint density at radius 3 is 2.53 bits per heavy atom. The van der Waals surface area contributed by atoms with Gasteiger partial charge in [-0.2, -0.15) is 18.6 Å². The summed E-state index contributed by atoms with van der Waals surface area (Å²) in [5.74, 6) is 4.46. The summed E-state index contributed by atoms with van der Waals surface area (Å²) in [6.45, 7) is 0.